The van der Waals surface area contributed by atoms with Gasteiger partial charge in [0.15, 0.2) is 0 Å². The van der Waals surface area contributed by atoms with Crippen molar-refractivity contribution in [2.75, 3.05) is 29.9 Å². The van der Waals surface area contributed by atoms with E-state index in [1.54, 1.807) is 23.1 Å². The fraction of sp³-hybridized carbons (Fsp3) is 0.417. The van der Waals surface area contributed by atoms with Crippen LogP contribution in [0.3, 0.4) is 0 Å². The standard InChI is InChI=1S/C24H28ClN3O3/c1-15-5-4-6-16(2)22(15)26-23(29)18-9-11-27(12-10-18)24(30)28-14-17(3)31-21-8-7-19(25)13-20(21)28/h4-8,13,17-18H,9-12,14H2,1-3H3,(H,26,29)/t17-/m0/s1. The van der Waals surface area contributed by atoms with Gasteiger partial charge in [-0.1, -0.05) is 29.8 Å². The molecule has 0 radical (unpaired) electrons. The highest BCUT2D eigenvalue weighted by molar-refractivity contribution is 6.31. The molecule has 1 saturated heterocycles. The number of carbonyl (C=O) groups is 2. The number of fused-ring (bicyclic) bond motifs is 1. The number of para-hydroxylation sites is 1. The van der Waals surface area contributed by atoms with Gasteiger partial charge in [-0.15, -0.1) is 0 Å². The largest absolute Gasteiger partial charge is 0.487 e. The number of benzene rings is 2. The molecule has 3 amide bonds. The lowest BCUT2D eigenvalue weighted by molar-refractivity contribution is -0.121. The molecule has 6 nitrogen and oxygen atoms in total. The second-order valence-electron chi connectivity index (χ2n) is 8.45. The minimum atomic E-state index is -0.103. The Labute approximate surface area is 188 Å². The van der Waals surface area contributed by atoms with Crippen LogP contribution in [0.15, 0.2) is 36.4 Å². The van der Waals surface area contributed by atoms with Crippen LogP contribution in [0.1, 0.15) is 30.9 Å². The molecule has 164 valence electrons. The van der Waals surface area contributed by atoms with E-state index in [0.29, 0.717) is 48.9 Å². The molecule has 1 N–H and O–H groups in total. The van der Waals surface area contributed by atoms with Crippen LogP contribution in [-0.4, -0.2) is 42.6 Å². The Balaban J connectivity index is 1.41. The fourth-order valence-corrected chi connectivity index (χ4v) is 4.50. The average molecular weight is 442 g/mol. The number of carbonyl (C=O) groups excluding carboxylic acids is 2. The third kappa shape index (κ3) is 4.49. The van der Waals surface area contributed by atoms with Crippen molar-refractivity contribution in [3.05, 3.63) is 52.5 Å². The number of amides is 3. The van der Waals surface area contributed by atoms with E-state index >= 15 is 0 Å². The Morgan fingerprint density at radius 2 is 1.77 bits per heavy atom. The molecule has 7 heteroatoms. The quantitative estimate of drug-likeness (QED) is 0.712. The summed E-state index contributed by atoms with van der Waals surface area (Å²) in [7, 11) is 0. The van der Waals surface area contributed by atoms with Crippen molar-refractivity contribution < 1.29 is 14.3 Å². The molecule has 31 heavy (non-hydrogen) atoms. The zero-order chi connectivity index (χ0) is 22.1. The van der Waals surface area contributed by atoms with Crippen molar-refractivity contribution in [2.24, 2.45) is 5.92 Å². The molecule has 0 unspecified atom stereocenters. The third-order valence-corrected chi connectivity index (χ3v) is 6.31. The summed E-state index contributed by atoms with van der Waals surface area (Å²) in [6, 6.07) is 11.3. The van der Waals surface area contributed by atoms with E-state index < -0.39 is 0 Å². The first kappa shape index (κ1) is 21.5. The highest BCUT2D eigenvalue weighted by atomic mass is 35.5. The number of urea groups is 1. The maximum atomic E-state index is 13.3. The number of nitrogens with zero attached hydrogens (tertiary/aromatic N) is 2. The first-order valence-electron chi connectivity index (χ1n) is 10.7. The van der Waals surface area contributed by atoms with Gasteiger partial charge in [-0.3, -0.25) is 9.69 Å². The highest BCUT2D eigenvalue weighted by Gasteiger charge is 2.34. The van der Waals surface area contributed by atoms with Crippen molar-refractivity contribution in [2.45, 2.75) is 39.7 Å². The van der Waals surface area contributed by atoms with Crippen LogP contribution < -0.4 is 15.0 Å². The van der Waals surface area contributed by atoms with Crippen LogP contribution in [0, 0.1) is 19.8 Å². The van der Waals surface area contributed by atoms with Crippen molar-refractivity contribution in [3.63, 3.8) is 0 Å². The summed E-state index contributed by atoms with van der Waals surface area (Å²) in [5, 5.41) is 3.66. The Hall–Kier alpha value is -2.73. The van der Waals surface area contributed by atoms with Crippen molar-refractivity contribution in [1.29, 1.82) is 0 Å². The summed E-state index contributed by atoms with van der Waals surface area (Å²) in [6.45, 7) is 7.51. The topological polar surface area (TPSA) is 61.9 Å². The molecule has 0 bridgehead atoms. The van der Waals surface area contributed by atoms with Gasteiger partial charge < -0.3 is 15.0 Å². The van der Waals surface area contributed by atoms with Crippen LogP contribution >= 0.6 is 11.6 Å². The first-order chi connectivity index (χ1) is 14.8. The second kappa shape index (κ2) is 8.79. The number of hydrogen-bond acceptors (Lipinski definition) is 3. The van der Waals surface area contributed by atoms with Gasteiger partial charge in [0.05, 0.1) is 12.2 Å². The predicted octanol–water partition coefficient (Wildman–Crippen LogP) is 5.01. The molecular formula is C24H28ClN3O3. The number of ether oxygens (including phenoxy) is 1. The summed E-state index contributed by atoms with van der Waals surface area (Å²) in [6.07, 6.45) is 1.19. The van der Waals surface area contributed by atoms with Crippen LogP contribution in [0.25, 0.3) is 0 Å². The molecule has 2 aromatic rings. The maximum absolute atomic E-state index is 13.3. The van der Waals surface area contributed by atoms with Gasteiger partial charge in [-0.05, 0) is 62.9 Å². The Bertz CT molecular complexity index is 981. The lowest BCUT2D eigenvalue weighted by Gasteiger charge is -2.39. The summed E-state index contributed by atoms with van der Waals surface area (Å²) >= 11 is 6.16. The van der Waals surface area contributed by atoms with Gasteiger partial charge in [0.25, 0.3) is 0 Å². The Kier molecular flexibility index (Phi) is 6.10. The molecule has 0 aromatic heterocycles. The van der Waals surface area contributed by atoms with E-state index in [1.165, 1.54) is 0 Å². The van der Waals surface area contributed by atoms with Gasteiger partial charge in [0.1, 0.15) is 11.9 Å². The zero-order valence-electron chi connectivity index (χ0n) is 18.2. The molecule has 2 aliphatic heterocycles. The van der Waals surface area contributed by atoms with Crippen molar-refractivity contribution in [3.8, 4) is 5.75 Å². The molecule has 1 fully saturated rings. The van der Waals surface area contributed by atoms with Crippen molar-refractivity contribution in [1.82, 2.24) is 4.90 Å². The predicted molar refractivity (Wildman–Crippen MR) is 123 cm³/mol. The van der Waals surface area contributed by atoms with E-state index in [-0.39, 0.29) is 24.0 Å². The fourth-order valence-electron chi connectivity index (χ4n) is 4.33. The lowest BCUT2D eigenvalue weighted by atomic mass is 9.95. The lowest BCUT2D eigenvalue weighted by Crippen LogP contribution is -2.51. The third-order valence-electron chi connectivity index (χ3n) is 6.08. The smallest absolute Gasteiger partial charge is 0.324 e. The summed E-state index contributed by atoms with van der Waals surface area (Å²) < 4.78 is 5.85. The molecule has 1 atom stereocenters. The number of aryl methyl sites for hydroxylation is 2. The van der Waals surface area contributed by atoms with E-state index in [0.717, 1.165) is 16.8 Å². The van der Waals surface area contributed by atoms with Gasteiger partial charge >= 0.3 is 6.03 Å². The van der Waals surface area contributed by atoms with Crippen LogP contribution in [0.2, 0.25) is 5.02 Å². The zero-order valence-corrected chi connectivity index (χ0v) is 18.9. The van der Waals surface area contributed by atoms with Gasteiger partial charge in [0.2, 0.25) is 5.91 Å². The normalized spacial score (nSPS) is 18.9. The van der Waals surface area contributed by atoms with E-state index in [4.69, 9.17) is 16.3 Å². The number of nitrogens with one attached hydrogen (secondary N) is 1. The van der Waals surface area contributed by atoms with Crippen LogP contribution in [0.5, 0.6) is 5.75 Å². The number of halogens is 1. The average Bonchev–Trinajstić information content (AvgIpc) is 2.75. The molecule has 2 heterocycles. The van der Waals surface area contributed by atoms with Gasteiger partial charge in [0, 0.05) is 29.7 Å². The molecule has 2 aliphatic rings. The van der Waals surface area contributed by atoms with Gasteiger partial charge in [-0.25, -0.2) is 4.79 Å². The molecule has 0 saturated carbocycles. The monoisotopic (exact) mass is 441 g/mol. The Morgan fingerprint density at radius 1 is 1.10 bits per heavy atom. The molecule has 0 aliphatic carbocycles. The number of likely N-dealkylation sites (tertiary alicyclic amines) is 1. The number of anilines is 2. The summed E-state index contributed by atoms with van der Waals surface area (Å²) in [5.74, 6) is 0.592. The van der Waals surface area contributed by atoms with Crippen molar-refractivity contribution >= 4 is 34.9 Å². The van der Waals surface area contributed by atoms with Gasteiger partial charge in [-0.2, -0.15) is 0 Å². The van der Waals surface area contributed by atoms with E-state index in [9.17, 15) is 9.59 Å². The van der Waals surface area contributed by atoms with Crippen LogP contribution in [0.4, 0.5) is 16.2 Å². The number of rotatable bonds is 2. The minimum Gasteiger partial charge on any atom is -0.487 e. The number of hydrogen-bond donors (Lipinski definition) is 1. The minimum absolute atomic E-state index is 0.0293. The summed E-state index contributed by atoms with van der Waals surface area (Å²) in [5.41, 5.74) is 3.70. The SMILES string of the molecule is Cc1cccc(C)c1NC(=O)C1CCN(C(=O)N2C[C@H](C)Oc3ccc(Cl)cc32)CC1. The summed E-state index contributed by atoms with van der Waals surface area (Å²) in [4.78, 5) is 29.7. The molecule has 4 rings (SSSR count). The Morgan fingerprint density at radius 3 is 2.45 bits per heavy atom. The molecule has 2 aromatic carbocycles. The number of piperidine rings is 1. The van der Waals surface area contributed by atoms with E-state index in [1.807, 2.05) is 43.9 Å². The maximum Gasteiger partial charge on any atom is 0.324 e. The van der Waals surface area contributed by atoms with Crippen LogP contribution in [-0.2, 0) is 4.79 Å². The first-order valence-corrected chi connectivity index (χ1v) is 11.1. The molecular weight excluding hydrogens is 414 g/mol. The van der Waals surface area contributed by atoms with E-state index in [2.05, 4.69) is 5.32 Å². The second-order valence-corrected chi connectivity index (χ2v) is 8.89. The molecule has 0 spiro atoms. The highest BCUT2D eigenvalue weighted by Crippen LogP contribution is 2.36.